The van der Waals surface area contributed by atoms with Crippen LogP contribution in [0.1, 0.15) is 11.5 Å². The summed E-state index contributed by atoms with van der Waals surface area (Å²) < 4.78 is 11.0. The molecule has 0 atom stereocenters. The van der Waals surface area contributed by atoms with Crippen molar-refractivity contribution in [1.29, 1.82) is 0 Å². The molecule has 1 aromatic carbocycles. The average molecular weight is 302 g/mol. The molecule has 2 heterocycles. The fourth-order valence-corrected chi connectivity index (χ4v) is 2.40. The summed E-state index contributed by atoms with van der Waals surface area (Å²) in [7, 11) is 0. The minimum absolute atomic E-state index is 0.574. The second kappa shape index (κ2) is 7.49. The Morgan fingerprint density at radius 1 is 1.14 bits per heavy atom. The van der Waals surface area contributed by atoms with Crippen LogP contribution >= 0.6 is 0 Å². The maximum Gasteiger partial charge on any atom is 0.247 e. The maximum absolute atomic E-state index is 5.68. The average Bonchev–Trinajstić information content (AvgIpc) is 3.02. The van der Waals surface area contributed by atoms with Crippen LogP contribution < -0.4 is 5.32 Å². The first-order chi connectivity index (χ1) is 10.8. The predicted octanol–water partition coefficient (Wildman–Crippen LogP) is 1.47. The van der Waals surface area contributed by atoms with Crippen LogP contribution in [0.4, 0.5) is 0 Å². The zero-order chi connectivity index (χ0) is 15.2. The first-order valence-corrected chi connectivity index (χ1v) is 7.71. The number of aromatic nitrogens is 2. The van der Waals surface area contributed by atoms with Crippen molar-refractivity contribution in [3.05, 3.63) is 35.7 Å². The molecule has 1 aromatic heterocycles. The zero-order valence-corrected chi connectivity index (χ0v) is 12.9. The molecule has 6 heteroatoms. The van der Waals surface area contributed by atoms with Gasteiger partial charge in [-0.25, -0.2) is 0 Å². The largest absolute Gasteiger partial charge is 0.419 e. The molecule has 0 aliphatic carbocycles. The van der Waals surface area contributed by atoms with Crippen molar-refractivity contribution in [2.75, 3.05) is 39.4 Å². The van der Waals surface area contributed by atoms with Gasteiger partial charge in [-0.2, -0.15) is 0 Å². The highest BCUT2D eigenvalue weighted by atomic mass is 16.5. The predicted molar refractivity (Wildman–Crippen MR) is 83.4 cm³/mol. The molecular formula is C16H22N4O2. The Morgan fingerprint density at radius 2 is 1.91 bits per heavy atom. The van der Waals surface area contributed by atoms with Gasteiger partial charge in [-0.3, -0.25) is 4.90 Å². The van der Waals surface area contributed by atoms with E-state index in [1.807, 2.05) is 24.3 Å². The lowest BCUT2D eigenvalue weighted by Gasteiger charge is -2.26. The summed E-state index contributed by atoms with van der Waals surface area (Å²) in [6.07, 6.45) is 0. The van der Waals surface area contributed by atoms with Crippen LogP contribution in [0, 0.1) is 6.92 Å². The fourth-order valence-electron chi connectivity index (χ4n) is 2.40. The summed E-state index contributed by atoms with van der Waals surface area (Å²) in [4.78, 5) is 2.39. The second-order valence-electron chi connectivity index (χ2n) is 5.50. The molecule has 6 nitrogen and oxygen atoms in total. The number of nitrogens with one attached hydrogen (secondary N) is 1. The van der Waals surface area contributed by atoms with E-state index in [0.29, 0.717) is 18.3 Å². The third-order valence-corrected chi connectivity index (χ3v) is 3.75. The lowest BCUT2D eigenvalue weighted by Crippen LogP contribution is -2.40. The van der Waals surface area contributed by atoms with Gasteiger partial charge >= 0.3 is 0 Å². The summed E-state index contributed by atoms with van der Waals surface area (Å²) >= 11 is 0. The van der Waals surface area contributed by atoms with Crippen molar-refractivity contribution < 1.29 is 9.15 Å². The molecule has 1 aliphatic heterocycles. The number of aryl methyl sites for hydroxylation is 1. The van der Waals surface area contributed by atoms with Crippen molar-refractivity contribution in [1.82, 2.24) is 20.4 Å². The molecule has 3 rings (SSSR count). The Balaban J connectivity index is 1.44. The third kappa shape index (κ3) is 4.13. The van der Waals surface area contributed by atoms with Gasteiger partial charge in [-0.05, 0) is 19.1 Å². The van der Waals surface area contributed by atoms with E-state index < -0.39 is 0 Å². The van der Waals surface area contributed by atoms with Crippen LogP contribution in [0.3, 0.4) is 0 Å². The molecule has 0 saturated carbocycles. The first-order valence-electron chi connectivity index (χ1n) is 7.71. The number of ether oxygens (including phenoxy) is 1. The standard InChI is InChI=1S/C16H22N4O2/c1-13-2-4-14(5-3-13)16-19-18-15(22-16)12-17-6-7-20-8-10-21-11-9-20/h2-5,17H,6-12H2,1H3. The Labute approximate surface area is 130 Å². The molecule has 0 amide bonds. The maximum atomic E-state index is 5.68. The quantitative estimate of drug-likeness (QED) is 0.815. The van der Waals surface area contributed by atoms with E-state index in [-0.39, 0.29) is 0 Å². The smallest absolute Gasteiger partial charge is 0.247 e. The van der Waals surface area contributed by atoms with E-state index in [0.717, 1.165) is 45.0 Å². The van der Waals surface area contributed by atoms with Gasteiger partial charge in [-0.15, -0.1) is 10.2 Å². The number of benzene rings is 1. The van der Waals surface area contributed by atoms with E-state index in [1.165, 1.54) is 5.56 Å². The number of morpholine rings is 1. The first kappa shape index (κ1) is 15.1. The van der Waals surface area contributed by atoms with Gasteiger partial charge in [0.2, 0.25) is 11.8 Å². The van der Waals surface area contributed by atoms with E-state index in [9.17, 15) is 0 Å². The van der Waals surface area contributed by atoms with Gasteiger partial charge in [0.1, 0.15) is 0 Å². The van der Waals surface area contributed by atoms with E-state index in [1.54, 1.807) is 0 Å². The molecule has 1 aliphatic rings. The molecule has 0 spiro atoms. The van der Waals surface area contributed by atoms with Crippen molar-refractivity contribution in [2.45, 2.75) is 13.5 Å². The summed E-state index contributed by atoms with van der Waals surface area (Å²) in [6.45, 7) is 8.28. The second-order valence-corrected chi connectivity index (χ2v) is 5.50. The monoisotopic (exact) mass is 302 g/mol. The van der Waals surface area contributed by atoms with Gasteiger partial charge < -0.3 is 14.5 Å². The molecule has 118 valence electrons. The Bertz CT molecular complexity index is 576. The van der Waals surface area contributed by atoms with E-state index in [4.69, 9.17) is 9.15 Å². The van der Waals surface area contributed by atoms with Gasteiger partial charge in [-0.1, -0.05) is 17.7 Å². The van der Waals surface area contributed by atoms with Crippen molar-refractivity contribution >= 4 is 0 Å². The van der Waals surface area contributed by atoms with Gasteiger partial charge in [0, 0.05) is 31.7 Å². The molecule has 0 bridgehead atoms. The molecule has 0 radical (unpaired) electrons. The molecule has 1 fully saturated rings. The zero-order valence-electron chi connectivity index (χ0n) is 12.9. The number of rotatable bonds is 6. The van der Waals surface area contributed by atoms with Gasteiger partial charge in [0.05, 0.1) is 19.8 Å². The number of nitrogens with zero attached hydrogens (tertiary/aromatic N) is 3. The van der Waals surface area contributed by atoms with E-state index in [2.05, 4.69) is 27.3 Å². The third-order valence-electron chi connectivity index (χ3n) is 3.75. The topological polar surface area (TPSA) is 63.4 Å². The van der Waals surface area contributed by atoms with Crippen molar-refractivity contribution in [3.63, 3.8) is 0 Å². The van der Waals surface area contributed by atoms with Gasteiger partial charge in [0.15, 0.2) is 0 Å². The summed E-state index contributed by atoms with van der Waals surface area (Å²) in [5, 5.41) is 11.5. The molecular weight excluding hydrogens is 280 g/mol. The van der Waals surface area contributed by atoms with Crippen LogP contribution in [0.25, 0.3) is 11.5 Å². The molecule has 2 aromatic rings. The van der Waals surface area contributed by atoms with Crippen molar-refractivity contribution in [3.8, 4) is 11.5 Å². The highest BCUT2D eigenvalue weighted by Gasteiger charge is 2.10. The molecule has 1 saturated heterocycles. The summed E-state index contributed by atoms with van der Waals surface area (Å²) in [6, 6.07) is 8.08. The summed E-state index contributed by atoms with van der Waals surface area (Å²) in [5.74, 6) is 1.20. The molecule has 1 N–H and O–H groups in total. The van der Waals surface area contributed by atoms with Crippen LogP contribution in [0.2, 0.25) is 0 Å². The normalized spacial score (nSPS) is 16.0. The fraction of sp³-hybridized carbons (Fsp3) is 0.500. The van der Waals surface area contributed by atoms with Crippen LogP contribution in [-0.2, 0) is 11.3 Å². The number of hydrogen-bond donors (Lipinski definition) is 1. The van der Waals surface area contributed by atoms with Crippen LogP contribution in [-0.4, -0.2) is 54.5 Å². The Kier molecular flexibility index (Phi) is 5.15. The minimum Gasteiger partial charge on any atom is -0.419 e. The number of hydrogen-bond acceptors (Lipinski definition) is 6. The molecule has 0 unspecified atom stereocenters. The highest BCUT2D eigenvalue weighted by Crippen LogP contribution is 2.17. The lowest BCUT2D eigenvalue weighted by atomic mass is 10.1. The minimum atomic E-state index is 0.574. The Morgan fingerprint density at radius 3 is 2.68 bits per heavy atom. The lowest BCUT2D eigenvalue weighted by molar-refractivity contribution is 0.0383. The van der Waals surface area contributed by atoms with Crippen molar-refractivity contribution in [2.24, 2.45) is 0 Å². The highest BCUT2D eigenvalue weighted by molar-refractivity contribution is 5.52. The summed E-state index contributed by atoms with van der Waals surface area (Å²) in [5.41, 5.74) is 2.17. The SMILES string of the molecule is Cc1ccc(-c2nnc(CNCCN3CCOCC3)o2)cc1. The van der Waals surface area contributed by atoms with Gasteiger partial charge in [0.25, 0.3) is 0 Å². The Hall–Kier alpha value is -1.76. The van der Waals surface area contributed by atoms with E-state index >= 15 is 0 Å². The van der Waals surface area contributed by atoms with Crippen LogP contribution in [0.5, 0.6) is 0 Å². The molecule has 22 heavy (non-hydrogen) atoms. The van der Waals surface area contributed by atoms with Crippen LogP contribution in [0.15, 0.2) is 28.7 Å².